The third-order valence-corrected chi connectivity index (χ3v) is 4.34. The van der Waals surface area contributed by atoms with Gasteiger partial charge in [0.15, 0.2) is 0 Å². The van der Waals surface area contributed by atoms with Crippen molar-refractivity contribution in [2.45, 2.75) is 52.1 Å². The van der Waals surface area contributed by atoms with Crippen LogP contribution in [0.2, 0.25) is 0 Å². The number of hydrogen-bond acceptors (Lipinski definition) is 5. The molecular formula is C15H23N3O3. The Bertz CT molecular complexity index is 513. The highest BCUT2D eigenvalue weighted by molar-refractivity contribution is 5.47. The molecule has 21 heavy (non-hydrogen) atoms. The number of aryl methyl sites for hydroxylation is 1. The smallest absolute Gasteiger partial charge is 0.278 e. The molecule has 1 saturated carbocycles. The van der Waals surface area contributed by atoms with Gasteiger partial charge >= 0.3 is 0 Å². The number of rotatable bonds is 6. The van der Waals surface area contributed by atoms with Crippen LogP contribution in [-0.4, -0.2) is 39.1 Å². The van der Waals surface area contributed by atoms with Crippen LogP contribution in [0.15, 0.2) is 6.20 Å². The molecule has 1 aliphatic rings. The lowest BCUT2D eigenvalue weighted by Gasteiger charge is -2.28. The van der Waals surface area contributed by atoms with Crippen molar-refractivity contribution in [3.05, 3.63) is 33.1 Å². The molecule has 0 spiro atoms. The maximum Gasteiger partial charge on any atom is 0.278 e. The Morgan fingerprint density at radius 1 is 1.43 bits per heavy atom. The van der Waals surface area contributed by atoms with Gasteiger partial charge < -0.3 is 5.11 Å². The molecule has 6 heteroatoms. The number of aliphatic hydroxyl groups excluding tert-OH is 1. The maximum absolute atomic E-state index is 11.2. The molecule has 1 N–H and O–H groups in total. The first-order valence-corrected chi connectivity index (χ1v) is 7.49. The Hall–Kier alpha value is -1.53. The van der Waals surface area contributed by atoms with E-state index in [2.05, 4.69) is 9.88 Å². The second-order valence-corrected chi connectivity index (χ2v) is 5.75. The lowest BCUT2D eigenvalue weighted by Crippen LogP contribution is -2.35. The summed E-state index contributed by atoms with van der Waals surface area (Å²) in [7, 11) is 0. The standard InChI is InChI=1S/C15H23N3O3/c1-11-9-16-14(12(2)15(11)18(20)21)10-17(7-8-19)13-5-3-4-6-13/h9,13,19H,3-8,10H2,1-2H3. The van der Waals surface area contributed by atoms with Crippen LogP contribution in [0.3, 0.4) is 0 Å². The second kappa shape index (κ2) is 6.95. The molecule has 0 aliphatic heterocycles. The Labute approximate surface area is 125 Å². The van der Waals surface area contributed by atoms with E-state index in [1.165, 1.54) is 12.8 Å². The highest BCUT2D eigenvalue weighted by Gasteiger charge is 2.25. The lowest BCUT2D eigenvalue weighted by atomic mass is 10.1. The number of pyridine rings is 1. The molecule has 1 fully saturated rings. The average molecular weight is 293 g/mol. The number of hydrogen-bond donors (Lipinski definition) is 1. The van der Waals surface area contributed by atoms with Gasteiger partial charge in [-0.2, -0.15) is 0 Å². The third-order valence-electron chi connectivity index (χ3n) is 4.34. The molecule has 1 aromatic heterocycles. The first-order valence-electron chi connectivity index (χ1n) is 7.49. The monoisotopic (exact) mass is 293 g/mol. The summed E-state index contributed by atoms with van der Waals surface area (Å²) in [6.45, 7) is 4.73. The zero-order valence-electron chi connectivity index (χ0n) is 12.7. The van der Waals surface area contributed by atoms with Crippen molar-refractivity contribution in [3.63, 3.8) is 0 Å². The normalized spacial score (nSPS) is 15.8. The van der Waals surface area contributed by atoms with Crippen LogP contribution in [0.1, 0.15) is 42.5 Å². The van der Waals surface area contributed by atoms with Crippen LogP contribution in [-0.2, 0) is 6.54 Å². The lowest BCUT2D eigenvalue weighted by molar-refractivity contribution is -0.386. The van der Waals surface area contributed by atoms with E-state index >= 15 is 0 Å². The first kappa shape index (κ1) is 15.9. The molecule has 1 heterocycles. The Morgan fingerprint density at radius 2 is 2.10 bits per heavy atom. The van der Waals surface area contributed by atoms with Gasteiger partial charge in [0.05, 0.1) is 17.2 Å². The molecular weight excluding hydrogens is 270 g/mol. The molecule has 0 atom stereocenters. The third kappa shape index (κ3) is 3.57. The van der Waals surface area contributed by atoms with Crippen molar-refractivity contribution in [3.8, 4) is 0 Å². The molecule has 0 bridgehead atoms. The second-order valence-electron chi connectivity index (χ2n) is 5.75. The largest absolute Gasteiger partial charge is 0.395 e. The molecule has 0 unspecified atom stereocenters. The summed E-state index contributed by atoms with van der Waals surface area (Å²) < 4.78 is 0. The number of aromatic nitrogens is 1. The van der Waals surface area contributed by atoms with Crippen molar-refractivity contribution in [2.75, 3.05) is 13.2 Å². The van der Waals surface area contributed by atoms with Crippen molar-refractivity contribution in [2.24, 2.45) is 0 Å². The molecule has 1 aromatic rings. The van der Waals surface area contributed by atoms with E-state index in [1.54, 1.807) is 20.0 Å². The highest BCUT2D eigenvalue weighted by atomic mass is 16.6. The van der Waals surface area contributed by atoms with Gasteiger partial charge in [-0.3, -0.25) is 20.0 Å². The van der Waals surface area contributed by atoms with Gasteiger partial charge in [-0.15, -0.1) is 0 Å². The fourth-order valence-corrected chi connectivity index (χ4v) is 3.19. The zero-order valence-corrected chi connectivity index (χ0v) is 12.7. The molecule has 0 radical (unpaired) electrons. The van der Waals surface area contributed by atoms with Gasteiger partial charge in [0, 0.05) is 36.5 Å². The van der Waals surface area contributed by atoms with Crippen LogP contribution in [0.5, 0.6) is 0 Å². The van der Waals surface area contributed by atoms with Crippen molar-refractivity contribution in [1.82, 2.24) is 9.88 Å². The minimum absolute atomic E-state index is 0.101. The summed E-state index contributed by atoms with van der Waals surface area (Å²) in [4.78, 5) is 17.5. The van der Waals surface area contributed by atoms with E-state index in [-0.39, 0.29) is 17.2 Å². The minimum atomic E-state index is -0.332. The van der Waals surface area contributed by atoms with Gasteiger partial charge in [0.2, 0.25) is 0 Å². The Balaban J connectivity index is 2.24. The van der Waals surface area contributed by atoms with Crippen LogP contribution >= 0.6 is 0 Å². The molecule has 1 aliphatic carbocycles. The zero-order chi connectivity index (χ0) is 15.4. The number of aliphatic hydroxyl groups is 1. The van der Waals surface area contributed by atoms with E-state index in [1.807, 2.05) is 0 Å². The molecule has 0 saturated heterocycles. The van der Waals surface area contributed by atoms with E-state index in [9.17, 15) is 15.2 Å². The van der Waals surface area contributed by atoms with E-state index in [0.717, 1.165) is 18.5 Å². The summed E-state index contributed by atoms with van der Waals surface area (Å²) in [5.74, 6) is 0. The summed E-state index contributed by atoms with van der Waals surface area (Å²) >= 11 is 0. The van der Waals surface area contributed by atoms with Gasteiger partial charge in [-0.05, 0) is 26.7 Å². The molecule has 6 nitrogen and oxygen atoms in total. The first-order chi connectivity index (χ1) is 10.0. The number of nitro groups is 1. The molecule has 0 amide bonds. The summed E-state index contributed by atoms with van der Waals surface area (Å²) in [6, 6.07) is 0.457. The van der Waals surface area contributed by atoms with Crippen molar-refractivity contribution in [1.29, 1.82) is 0 Å². The van der Waals surface area contributed by atoms with Gasteiger partial charge in [0.1, 0.15) is 0 Å². The number of nitrogens with zero attached hydrogens (tertiary/aromatic N) is 3. The van der Waals surface area contributed by atoms with E-state index in [4.69, 9.17) is 0 Å². The van der Waals surface area contributed by atoms with Crippen LogP contribution in [0, 0.1) is 24.0 Å². The Kier molecular flexibility index (Phi) is 5.25. The summed E-state index contributed by atoms with van der Waals surface area (Å²) in [5, 5.41) is 20.4. The highest BCUT2D eigenvalue weighted by Crippen LogP contribution is 2.28. The van der Waals surface area contributed by atoms with Crippen LogP contribution in [0.4, 0.5) is 5.69 Å². The topological polar surface area (TPSA) is 79.5 Å². The quantitative estimate of drug-likeness (QED) is 0.643. The summed E-state index contributed by atoms with van der Waals surface area (Å²) in [5.41, 5.74) is 2.14. The molecule has 0 aromatic carbocycles. The van der Waals surface area contributed by atoms with Crippen LogP contribution in [0.25, 0.3) is 0 Å². The van der Waals surface area contributed by atoms with Crippen molar-refractivity contribution < 1.29 is 10.0 Å². The molecule has 116 valence electrons. The Morgan fingerprint density at radius 3 is 2.67 bits per heavy atom. The predicted molar refractivity (Wildman–Crippen MR) is 80.1 cm³/mol. The van der Waals surface area contributed by atoms with Crippen LogP contribution < -0.4 is 0 Å². The minimum Gasteiger partial charge on any atom is -0.395 e. The fourth-order valence-electron chi connectivity index (χ4n) is 3.19. The van der Waals surface area contributed by atoms with Gasteiger partial charge in [-0.25, -0.2) is 0 Å². The SMILES string of the molecule is Cc1cnc(CN(CCO)C2CCCC2)c(C)c1[N+](=O)[O-]. The predicted octanol–water partition coefficient (Wildman–Crippen LogP) is 2.34. The van der Waals surface area contributed by atoms with Gasteiger partial charge in [-0.1, -0.05) is 12.8 Å². The van der Waals surface area contributed by atoms with E-state index in [0.29, 0.717) is 30.3 Å². The van der Waals surface area contributed by atoms with Crippen molar-refractivity contribution >= 4 is 5.69 Å². The average Bonchev–Trinajstić information content (AvgIpc) is 2.94. The van der Waals surface area contributed by atoms with Gasteiger partial charge in [0.25, 0.3) is 5.69 Å². The summed E-state index contributed by atoms with van der Waals surface area (Å²) in [6.07, 6.45) is 6.27. The maximum atomic E-state index is 11.2. The van der Waals surface area contributed by atoms with E-state index < -0.39 is 0 Å². The molecule has 2 rings (SSSR count). The fraction of sp³-hybridized carbons (Fsp3) is 0.667.